The van der Waals surface area contributed by atoms with E-state index in [0.717, 1.165) is 106 Å². The molecule has 1 aromatic rings. The Morgan fingerprint density at radius 2 is 1.71 bits per heavy atom. The second-order valence-corrected chi connectivity index (χ2v) is 16.5. The van der Waals surface area contributed by atoms with E-state index in [9.17, 15) is 15.0 Å². The Balaban J connectivity index is 1.53. The maximum absolute atomic E-state index is 14.2. The van der Waals surface area contributed by atoms with Crippen molar-refractivity contribution in [1.29, 1.82) is 0 Å². The van der Waals surface area contributed by atoms with Crippen molar-refractivity contribution in [1.82, 2.24) is 9.80 Å². The molecule has 0 bridgehead atoms. The van der Waals surface area contributed by atoms with E-state index in [1.165, 1.54) is 38.5 Å². The third-order valence-corrected chi connectivity index (χ3v) is 12.5. The highest BCUT2D eigenvalue weighted by Gasteiger charge is 2.65. The number of amides is 1. The number of fused-ring (bicyclic) bond motifs is 2. The molecular formula is C46H73N3O7. The van der Waals surface area contributed by atoms with Crippen molar-refractivity contribution < 1.29 is 34.1 Å². The van der Waals surface area contributed by atoms with E-state index in [1.54, 1.807) is 6.08 Å². The lowest BCUT2D eigenvalue weighted by molar-refractivity contribution is -0.255. The van der Waals surface area contributed by atoms with Crippen LogP contribution in [0.25, 0.3) is 0 Å². The van der Waals surface area contributed by atoms with E-state index in [0.29, 0.717) is 26.1 Å². The van der Waals surface area contributed by atoms with Crippen LogP contribution in [0.4, 0.5) is 0 Å². The molecule has 6 atom stereocenters. The molecule has 56 heavy (non-hydrogen) atoms. The van der Waals surface area contributed by atoms with Crippen molar-refractivity contribution in [3.63, 3.8) is 0 Å². The molecule has 0 aromatic heterocycles. The third kappa shape index (κ3) is 11.4. The number of allylic oxidation sites excluding steroid dienone is 1. The average molecular weight is 780 g/mol. The van der Waals surface area contributed by atoms with Gasteiger partial charge in [-0.25, -0.2) is 0 Å². The van der Waals surface area contributed by atoms with Gasteiger partial charge in [0.15, 0.2) is 0 Å². The zero-order chi connectivity index (χ0) is 39.8. The molecule has 314 valence electrons. The van der Waals surface area contributed by atoms with Crippen molar-refractivity contribution in [2.75, 3.05) is 59.7 Å². The fourth-order valence-corrected chi connectivity index (χ4v) is 9.48. The third-order valence-electron chi connectivity index (χ3n) is 12.5. The average Bonchev–Trinajstić information content (AvgIpc) is 4.04. The van der Waals surface area contributed by atoms with Gasteiger partial charge in [-0.1, -0.05) is 88.4 Å². The summed E-state index contributed by atoms with van der Waals surface area (Å²) in [5, 5.41) is 24.4. The van der Waals surface area contributed by atoms with Gasteiger partial charge in [0.25, 0.3) is 0 Å². The lowest BCUT2D eigenvalue weighted by atomic mass is 9.55. The van der Waals surface area contributed by atoms with Crippen LogP contribution in [0, 0.1) is 17.8 Å². The molecule has 1 saturated carbocycles. The summed E-state index contributed by atoms with van der Waals surface area (Å²) in [7, 11) is 1.91. The summed E-state index contributed by atoms with van der Waals surface area (Å²) in [4.78, 5) is 24.3. The summed E-state index contributed by atoms with van der Waals surface area (Å²) in [6.07, 6.45) is 20.9. The van der Waals surface area contributed by atoms with Gasteiger partial charge >= 0.3 is 0 Å². The van der Waals surface area contributed by atoms with Crippen molar-refractivity contribution >= 4 is 11.6 Å². The first-order valence-electron chi connectivity index (χ1n) is 22.2. The first kappa shape index (κ1) is 44.2. The lowest BCUT2D eigenvalue weighted by Crippen LogP contribution is -2.69. The first-order chi connectivity index (χ1) is 27.4. The van der Waals surface area contributed by atoms with Crippen molar-refractivity contribution in [3.05, 3.63) is 48.1 Å². The molecule has 1 saturated heterocycles. The largest absolute Gasteiger partial charge is 0.492 e. The Labute approximate surface area is 337 Å². The number of carbonyl (C=O) groups is 1. The van der Waals surface area contributed by atoms with Crippen molar-refractivity contribution in [3.8, 4) is 11.5 Å². The molecule has 2 aliphatic heterocycles. The van der Waals surface area contributed by atoms with Gasteiger partial charge in [-0.15, -0.1) is 6.58 Å². The number of nitrogens with zero attached hydrogens (tertiary/aromatic N) is 3. The first-order valence-corrected chi connectivity index (χ1v) is 22.2. The van der Waals surface area contributed by atoms with Crippen LogP contribution in [0.15, 0.2) is 47.7 Å². The van der Waals surface area contributed by atoms with E-state index in [-0.39, 0.29) is 49.4 Å². The number of carbonyl (C=O) groups excluding carboxylic acids is 1. The second-order valence-electron chi connectivity index (χ2n) is 16.5. The van der Waals surface area contributed by atoms with Crippen LogP contribution in [0.3, 0.4) is 0 Å². The molecule has 0 unspecified atom stereocenters. The maximum Gasteiger partial charge on any atom is 0.239 e. The predicted octanol–water partition coefficient (Wildman–Crippen LogP) is 8.41. The number of likely N-dealkylation sites (N-methyl/N-ethyl adjacent to an activating group) is 1. The molecule has 0 spiro atoms. The quantitative estimate of drug-likeness (QED) is 0.0378. The summed E-state index contributed by atoms with van der Waals surface area (Å²) >= 11 is 0. The molecule has 2 heterocycles. The highest BCUT2D eigenvalue weighted by Crippen LogP contribution is 2.61. The van der Waals surface area contributed by atoms with Crippen LogP contribution in [0.5, 0.6) is 11.5 Å². The molecule has 5 rings (SSSR count). The second kappa shape index (κ2) is 22.9. The van der Waals surface area contributed by atoms with Crippen LogP contribution in [-0.4, -0.2) is 103 Å². The van der Waals surface area contributed by atoms with E-state index in [2.05, 4.69) is 30.5 Å². The summed E-state index contributed by atoms with van der Waals surface area (Å²) in [6.45, 7) is 13.0. The van der Waals surface area contributed by atoms with Gasteiger partial charge in [0.1, 0.15) is 30.8 Å². The van der Waals surface area contributed by atoms with Crippen molar-refractivity contribution in [2.24, 2.45) is 22.9 Å². The van der Waals surface area contributed by atoms with Crippen LogP contribution in [-0.2, 0) is 14.4 Å². The Bertz CT molecular complexity index is 1430. The predicted molar refractivity (Wildman–Crippen MR) is 223 cm³/mol. The van der Waals surface area contributed by atoms with Gasteiger partial charge in [-0.05, 0) is 74.6 Å². The molecule has 1 amide bonds. The molecule has 2 aliphatic carbocycles. The van der Waals surface area contributed by atoms with E-state index in [1.807, 2.05) is 31.0 Å². The minimum Gasteiger partial charge on any atom is -0.492 e. The van der Waals surface area contributed by atoms with E-state index in [4.69, 9.17) is 24.2 Å². The van der Waals surface area contributed by atoms with Crippen LogP contribution < -0.4 is 9.47 Å². The fraction of sp³-hybridized carbons (Fsp3) is 0.739. The van der Waals surface area contributed by atoms with Gasteiger partial charge in [0, 0.05) is 64.2 Å². The molecule has 0 radical (unpaired) electrons. The highest BCUT2D eigenvalue weighted by atomic mass is 16.7. The number of benzene rings is 1. The zero-order valence-electron chi connectivity index (χ0n) is 34.9. The Hall–Kier alpha value is -2.92. The zero-order valence-corrected chi connectivity index (χ0v) is 34.9. The van der Waals surface area contributed by atoms with E-state index >= 15 is 0 Å². The summed E-state index contributed by atoms with van der Waals surface area (Å²) in [6, 6.07) is 5.73. The standard InChI is InChI=1S/C46H73N3O7/c1-5-8-9-10-11-12-13-14-15-22-43(52)48(4)42-34-40(47-55-7-3)38-32-35(20-16-18-28-50)37(21-17-19-29-51)44-39-33-36(53-31-27-49-25-26-49)23-24-41(39)56-46(42,45(38)44)54-30-6-2/h6,23-24,32-33,35,37,42,44-45,50-51H,2,5,7-22,25-31,34H2,1,3-4H3/t35-,37+,42-,44+,45+,46+/m0/s1. The molecular weight excluding hydrogens is 707 g/mol. The molecule has 2 fully saturated rings. The maximum atomic E-state index is 14.2. The van der Waals surface area contributed by atoms with Crippen LogP contribution in [0.1, 0.15) is 134 Å². The number of aliphatic hydroxyl groups is 2. The van der Waals surface area contributed by atoms with Crippen LogP contribution >= 0.6 is 0 Å². The van der Waals surface area contributed by atoms with Gasteiger partial charge in [-0.2, -0.15) is 0 Å². The number of unbranched alkanes of at least 4 members (excludes halogenated alkanes) is 10. The minimum atomic E-state index is -1.21. The number of hydrogen-bond acceptors (Lipinski definition) is 9. The van der Waals surface area contributed by atoms with Gasteiger partial charge < -0.3 is 34.2 Å². The van der Waals surface area contributed by atoms with Gasteiger partial charge in [0.05, 0.1) is 18.2 Å². The van der Waals surface area contributed by atoms with Crippen molar-refractivity contribution in [2.45, 2.75) is 141 Å². The van der Waals surface area contributed by atoms with Crippen LogP contribution in [0.2, 0.25) is 0 Å². The molecule has 10 heteroatoms. The lowest BCUT2D eigenvalue weighted by Gasteiger charge is -2.59. The van der Waals surface area contributed by atoms with E-state index < -0.39 is 11.8 Å². The molecule has 2 N–H and O–H groups in total. The van der Waals surface area contributed by atoms with Gasteiger partial charge in [-0.3, -0.25) is 9.69 Å². The molecule has 4 aliphatic rings. The number of oxime groups is 1. The molecule has 1 aromatic carbocycles. The topological polar surface area (TPSA) is 113 Å². The normalized spacial score (nSPS) is 25.8. The smallest absolute Gasteiger partial charge is 0.239 e. The SMILES string of the molecule is C=CCO[C@@]12Oc3ccc(OCCN4CC4)cc3[C@H]3[C@H](CCCCO)[C@@H](CCCCO)C=C(C(=NOCC)C[C@@H]1N(C)C(=O)CCCCCCCCCCC)[C@H]32. The fourth-order valence-electron chi connectivity index (χ4n) is 9.48. The monoisotopic (exact) mass is 780 g/mol. The number of hydrogen-bond donors (Lipinski definition) is 2. The number of aliphatic hydroxyl groups excluding tert-OH is 2. The number of rotatable bonds is 28. The Kier molecular flexibility index (Phi) is 18.0. The Morgan fingerprint density at radius 1 is 1.00 bits per heavy atom. The van der Waals surface area contributed by atoms with Gasteiger partial charge in [0.2, 0.25) is 11.7 Å². The Morgan fingerprint density at radius 3 is 2.39 bits per heavy atom. The molecule has 10 nitrogen and oxygen atoms in total. The minimum absolute atomic E-state index is 0.0485. The highest BCUT2D eigenvalue weighted by molar-refractivity contribution is 6.03. The summed E-state index contributed by atoms with van der Waals surface area (Å²) < 4.78 is 20.6. The summed E-state index contributed by atoms with van der Waals surface area (Å²) in [5.74, 6) is 0.488. The summed E-state index contributed by atoms with van der Waals surface area (Å²) in [5.41, 5.74) is 2.99. The number of ether oxygens (including phenoxy) is 3.